The Morgan fingerprint density at radius 2 is 1.82 bits per heavy atom. The number of nitrogens with zero attached hydrogens (tertiary/aromatic N) is 5. The zero-order valence-corrected chi connectivity index (χ0v) is 40.7. The van der Waals surface area contributed by atoms with E-state index in [-0.39, 0.29) is 47.4 Å². The van der Waals surface area contributed by atoms with Gasteiger partial charge in [0.2, 0.25) is 0 Å². The molecular formula is C47H53F3N7O12PS. The van der Waals surface area contributed by atoms with Gasteiger partial charge >= 0.3 is 14.0 Å². The predicted molar refractivity (Wildman–Crippen MR) is 255 cm³/mol. The Morgan fingerprint density at radius 3 is 2.51 bits per heavy atom. The van der Waals surface area contributed by atoms with Crippen LogP contribution in [0.4, 0.5) is 30.2 Å². The van der Waals surface area contributed by atoms with E-state index < -0.39 is 57.7 Å². The van der Waals surface area contributed by atoms with Crippen molar-refractivity contribution in [1.29, 1.82) is 0 Å². The van der Waals surface area contributed by atoms with Gasteiger partial charge in [-0.05, 0) is 96.8 Å². The lowest BCUT2D eigenvalue weighted by molar-refractivity contribution is -0.384. The fourth-order valence-corrected chi connectivity index (χ4v) is 10.3. The van der Waals surface area contributed by atoms with E-state index >= 15 is 0 Å². The lowest BCUT2D eigenvalue weighted by Crippen LogP contribution is -2.47. The second kappa shape index (κ2) is 20.7. The van der Waals surface area contributed by atoms with Crippen molar-refractivity contribution in [2.75, 3.05) is 69.3 Å². The molecule has 4 aliphatic heterocycles. The maximum absolute atomic E-state index is 14.1. The van der Waals surface area contributed by atoms with Crippen LogP contribution in [0.25, 0.3) is 17.0 Å². The number of alkyl halides is 3. The van der Waals surface area contributed by atoms with Crippen LogP contribution in [-0.4, -0.2) is 109 Å². The molecule has 3 aromatic rings. The van der Waals surface area contributed by atoms with Crippen LogP contribution in [0, 0.1) is 22.5 Å². The molecule has 1 atom stereocenters. The van der Waals surface area contributed by atoms with Gasteiger partial charge in [-0.3, -0.25) is 24.3 Å². The number of ether oxygens (including phenoxy) is 3. The highest BCUT2D eigenvalue weighted by atomic mass is 32.2. The first kappa shape index (κ1) is 51.4. The van der Waals surface area contributed by atoms with E-state index in [0.29, 0.717) is 68.6 Å². The van der Waals surface area contributed by atoms with Gasteiger partial charge in [0.1, 0.15) is 29.7 Å². The molecule has 19 nitrogen and oxygen atoms in total. The molecule has 3 aromatic carbocycles. The highest BCUT2D eigenvalue weighted by Crippen LogP contribution is 2.45. The van der Waals surface area contributed by atoms with E-state index in [2.05, 4.69) is 33.9 Å². The average molecular weight is 1030 g/mol. The maximum atomic E-state index is 14.1. The number of anilines is 2. The minimum atomic E-state index is -4.92. The Morgan fingerprint density at radius 1 is 1.04 bits per heavy atom. The van der Waals surface area contributed by atoms with Gasteiger partial charge < -0.3 is 38.8 Å². The van der Waals surface area contributed by atoms with Crippen molar-refractivity contribution in [1.82, 2.24) is 19.2 Å². The van der Waals surface area contributed by atoms with E-state index in [1.807, 2.05) is 4.72 Å². The van der Waals surface area contributed by atoms with Crippen LogP contribution in [0.2, 0.25) is 0 Å². The molecular weight excluding hydrogens is 975 g/mol. The number of hydrogen-bond donors (Lipinski definition) is 4. The number of aromatic nitrogens is 2. The van der Waals surface area contributed by atoms with Crippen LogP contribution >= 0.6 is 7.82 Å². The van der Waals surface area contributed by atoms with E-state index in [9.17, 15) is 50.8 Å². The Hall–Kier alpha value is -5.91. The number of nitro benzene ring substituents is 1. The van der Waals surface area contributed by atoms with Crippen LogP contribution < -0.4 is 19.7 Å². The number of sulfonamides is 1. The molecule has 24 heteroatoms. The molecule has 0 unspecified atom stereocenters. The fraction of sp³-hybridized carbons (Fsp3) is 0.404. The number of benzene rings is 3. The lowest BCUT2D eigenvalue weighted by Gasteiger charge is -2.39. The highest BCUT2D eigenvalue weighted by molar-refractivity contribution is 7.90. The second-order valence-electron chi connectivity index (χ2n) is 18.4. The molecule has 5 aliphatic rings. The van der Waals surface area contributed by atoms with Crippen molar-refractivity contribution in [3.63, 3.8) is 0 Å². The van der Waals surface area contributed by atoms with Crippen LogP contribution in [0.5, 0.6) is 11.5 Å². The third-order valence-corrected chi connectivity index (χ3v) is 14.5. The summed E-state index contributed by atoms with van der Waals surface area (Å²) in [6.45, 7) is 9.48. The Bertz CT molecular complexity index is 2970. The normalized spacial score (nSPS) is 18.1. The number of rotatable bonds is 16. The van der Waals surface area contributed by atoms with Crippen molar-refractivity contribution in [3.8, 4) is 22.9 Å². The molecule has 4 heterocycles. The minimum absolute atomic E-state index is 0.0232. The van der Waals surface area contributed by atoms with Crippen molar-refractivity contribution in [2.45, 2.75) is 63.9 Å². The monoisotopic (exact) mass is 1030 g/mol. The summed E-state index contributed by atoms with van der Waals surface area (Å²) in [5, 5.41) is 15.0. The van der Waals surface area contributed by atoms with Crippen LogP contribution in [-0.2, 0) is 41.5 Å². The number of nitro groups is 1. The molecule has 0 spiro atoms. The molecule has 0 bridgehead atoms. The number of carbonyl (C=O) groups is 1. The molecule has 0 radical (unpaired) electrons. The smallest absolute Gasteiger partial charge is 0.455 e. The van der Waals surface area contributed by atoms with Gasteiger partial charge in [0.15, 0.2) is 0 Å². The van der Waals surface area contributed by atoms with Crippen molar-refractivity contribution < 1.29 is 64.4 Å². The first-order valence-electron chi connectivity index (χ1n) is 22.6. The SMILES string of the molecule is Cc1cc(C(F)(F)F)ccc1C1=C(CN2CCN(c3ccc(C(=O)NS(=O)(=O)c4ccc(NC[C@@H]5COCCO5)c([N+](=O)[O-])c4)c(Oc4cc5ccnc-5n(COP(=O)(O)O)c4)c3)CC2)CCC(C)(C)C1. The third-order valence-electron chi connectivity index (χ3n) is 12.7. The Balaban J connectivity index is 1.05. The number of phosphoric acid groups is 1. The minimum Gasteiger partial charge on any atom is -0.455 e. The first-order valence-corrected chi connectivity index (χ1v) is 25.7. The van der Waals surface area contributed by atoms with E-state index in [0.717, 1.165) is 48.6 Å². The number of hydrogen-bond acceptors (Lipinski definition) is 14. The third kappa shape index (κ3) is 12.6. The predicted octanol–water partition coefficient (Wildman–Crippen LogP) is 7.81. The summed E-state index contributed by atoms with van der Waals surface area (Å²) < 4.78 is 105. The summed E-state index contributed by atoms with van der Waals surface area (Å²) in [4.78, 5) is 52.3. The number of amides is 1. The molecule has 0 aromatic heterocycles. The van der Waals surface area contributed by atoms with Gasteiger partial charge in [0, 0.05) is 68.8 Å². The molecule has 2 saturated heterocycles. The molecule has 1 aliphatic carbocycles. The van der Waals surface area contributed by atoms with Crippen molar-refractivity contribution in [2.24, 2.45) is 5.41 Å². The van der Waals surface area contributed by atoms with E-state index in [1.54, 1.807) is 37.3 Å². The highest BCUT2D eigenvalue weighted by Gasteiger charge is 2.34. The Kier molecular flexibility index (Phi) is 15.0. The molecule has 1 amide bonds. The number of allylic oxidation sites excluding steroid dienone is 1. The summed E-state index contributed by atoms with van der Waals surface area (Å²) >= 11 is 0. The number of piperazine rings is 1. The zero-order valence-electron chi connectivity index (χ0n) is 39.0. The molecule has 0 saturated carbocycles. The molecule has 8 rings (SSSR count). The van der Waals surface area contributed by atoms with Crippen LogP contribution in [0.1, 0.15) is 60.2 Å². The van der Waals surface area contributed by atoms with Crippen molar-refractivity contribution >= 4 is 46.4 Å². The zero-order chi connectivity index (χ0) is 50.9. The molecule has 2 fully saturated rings. The topological polar surface area (TPSA) is 237 Å². The van der Waals surface area contributed by atoms with E-state index in [1.165, 1.54) is 40.7 Å². The number of carbonyl (C=O) groups excluding carboxylic acids is 1. The van der Waals surface area contributed by atoms with Crippen LogP contribution in [0.15, 0.2) is 89.6 Å². The van der Waals surface area contributed by atoms with Gasteiger partial charge in [-0.2, -0.15) is 13.2 Å². The van der Waals surface area contributed by atoms with Gasteiger partial charge in [-0.1, -0.05) is 25.5 Å². The van der Waals surface area contributed by atoms with Gasteiger partial charge in [-0.15, -0.1) is 0 Å². The number of fused-ring (bicyclic) bond motifs is 1. The number of pyridine rings is 1. The fourth-order valence-electron chi connectivity index (χ4n) is 8.99. The summed E-state index contributed by atoms with van der Waals surface area (Å²) in [7, 11) is -9.67. The standard InChI is InChI=1S/C47H53F3N7O12PS/c1-30-20-33(47(48,49)50)4-7-38(30)40-24-46(2,3)12-10-32(40)26-54-14-16-55(17-15-54)34-5-8-39(43(22-34)69-35-21-31-11-13-51-44(31)56(27-35)29-68-70(61,62)63)45(58)53-71(64,65)37-6-9-41(42(23-37)57(59)60)52-25-36-28-66-18-19-67-36/h4-9,11,13,20-23,27,36,52H,10,12,14-19,24-26,28-29H2,1-3H3,(H,53,58)(H2,61,62,63)/t36-/m1/s1. The van der Waals surface area contributed by atoms with E-state index in [4.69, 9.17) is 18.7 Å². The quantitative estimate of drug-likeness (QED) is 0.0419. The van der Waals surface area contributed by atoms with Gasteiger partial charge in [0.25, 0.3) is 21.6 Å². The number of phosphoric ester groups is 1. The lowest BCUT2D eigenvalue weighted by atomic mass is 9.72. The number of nitrogens with one attached hydrogen (secondary N) is 2. The molecule has 71 heavy (non-hydrogen) atoms. The largest absolute Gasteiger partial charge is 0.471 e. The first-order chi connectivity index (χ1) is 33.5. The summed E-state index contributed by atoms with van der Waals surface area (Å²) in [6.07, 6.45) is 0.421. The summed E-state index contributed by atoms with van der Waals surface area (Å²) in [5.74, 6) is -0.884. The number of aryl methyl sites for hydroxylation is 1. The van der Waals surface area contributed by atoms with Crippen molar-refractivity contribution in [3.05, 3.63) is 117 Å². The molecule has 380 valence electrons. The molecule has 4 N–H and O–H groups in total. The Labute approximate surface area is 407 Å². The van der Waals surface area contributed by atoms with Gasteiger partial charge in [-0.25, -0.2) is 22.7 Å². The summed E-state index contributed by atoms with van der Waals surface area (Å²) in [6, 6.07) is 14.9. The average Bonchev–Trinajstić information content (AvgIpc) is 3.79. The van der Waals surface area contributed by atoms with Gasteiger partial charge in [0.05, 0.1) is 53.1 Å². The summed E-state index contributed by atoms with van der Waals surface area (Å²) in [5.41, 5.74) is 3.23. The second-order valence-corrected chi connectivity index (χ2v) is 21.4. The number of halogens is 3. The van der Waals surface area contributed by atoms with Crippen LogP contribution in [0.3, 0.4) is 0 Å². The maximum Gasteiger partial charge on any atom is 0.471 e.